The number of aromatic nitrogens is 2. The lowest BCUT2D eigenvalue weighted by Gasteiger charge is -2.02. The number of aryl methyl sites for hydroxylation is 2. The normalized spacial score (nSPS) is 10.9. The summed E-state index contributed by atoms with van der Waals surface area (Å²) in [4.78, 5) is 13.7. The Bertz CT molecular complexity index is 754. The summed E-state index contributed by atoms with van der Waals surface area (Å²) in [6, 6.07) is 7.53. The topological polar surface area (TPSA) is 46.9 Å². The predicted octanol–water partition coefficient (Wildman–Crippen LogP) is 3.33. The van der Waals surface area contributed by atoms with E-state index in [1.165, 1.54) is 35.6 Å². The van der Waals surface area contributed by atoms with Gasteiger partial charge < -0.3 is 5.32 Å². The highest BCUT2D eigenvalue weighted by atomic mass is 32.1. The van der Waals surface area contributed by atoms with Gasteiger partial charge in [0.2, 0.25) is 0 Å². The Morgan fingerprint density at radius 1 is 1.35 bits per heavy atom. The van der Waals surface area contributed by atoms with Crippen molar-refractivity contribution in [1.29, 1.82) is 0 Å². The van der Waals surface area contributed by atoms with E-state index in [2.05, 4.69) is 10.4 Å². The molecule has 20 heavy (non-hydrogen) atoms. The summed E-state index contributed by atoms with van der Waals surface area (Å²) >= 11 is 1.39. The van der Waals surface area contributed by atoms with Crippen molar-refractivity contribution in [1.82, 2.24) is 9.78 Å². The fourth-order valence-corrected chi connectivity index (χ4v) is 3.06. The molecular weight excluding hydrogens is 277 g/mol. The zero-order valence-electron chi connectivity index (χ0n) is 11.0. The molecule has 0 fully saturated rings. The van der Waals surface area contributed by atoms with Gasteiger partial charge in [-0.1, -0.05) is 0 Å². The number of hydrogen-bond acceptors (Lipinski definition) is 3. The number of amides is 1. The van der Waals surface area contributed by atoms with Gasteiger partial charge in [0.25, 0.3) is 5.91 Å². The molecule has 0 saturated carbocycles. The molecule has 0 saturated heterocycles. The summed E-state index contributed by atoms with van der Waals surface area (Å²) in [7, 11) is 1.85. The van der Waals surface area contributed by atoms with Gasteiger partial charge in [-0.3, -0.25) is 9.48 Å². The molecular formula is C14H12FN3OS. The van der Waals surface area contributed by atoms with E-state index in [1.54, 1.807) is 4.68 Å². The first-order valence-electron chi connectivity index (χ1n) is 6.04. The number of nitrogens with one attached hydrogen (secondary N) is 1. The average Bonchev–Trinajstić information content (AvgIpc) is 2.95. The molecule has 102 valence electrons. The molecule has 1 aromatic carbocycles. The van der Waals surface area contributed by atoms with Crippen LogP contribution < -0.4 is 5.32 Å². The van der Waals surface area contributed by atoms with Crippen molar-refractivity contribution in [2.24, 2.45) is 7.05 Å². The summed E-state index contributed by atoms with van der Waals surface area (Å²) in [6.07, 6.45) is 0. The van der Waals surface area contributed by atoms with Crippen LogP contribution in [0.4, 0.5) is 10.1 Å². The molecule has 0 unspecified atom stereocenters. The molecule has 4 nitrogen and oxygen atoms in total. The number of anilines is 1. The fourth-order valence-electron chi connectivity index (χ4n) is 2.04. The van der Waals surface area contributed by atoms with Crippen LogP contribution in [-0.2, 0) is 7.05 Å². The number of benzene rings is 1. The van der Waals surface area contributed by atoms with Gasteiger partial charge in [-0.15, -0.1) is 11.3 Å². The van der Waals surface area contributed by atoms with Gasteiger partial charge in [0.1, 0.15) is 10.6 Å². The fraction of sp³-hybridized carbons (Fsp3) is 0.143. The molecule has 3 aromatic rings. The maximum Gasteiger partial charge on any atom is 0.265 e. The maximum atomic E-state index is 12.8. The third kappa shape index (κ3) is 2.18. The smallest absolute Gasteiger partial charge is 0.265 e. The lowest BCUT2D eigenvalue weighted by atomic mass is 10.3. The number of carbonyl (C=O) groups is 1. The first kappa shape index (κ1) is 12.8. The van der Waals surface area contributed by atoms with E-state index in [1.807, 2.05) is 20.0 Å². The van der Waals surface area contributed by atoms with Gasteiger partial charge in [-0.2, -0.15) is 5.10 Å². The van der Waals surface area contributed by atoms with Crippen LogP contribution in [0, 0.1) is 12.7 Å². The molecule has 0 aliphatic heterocycles. The highest BCUT2D eigenvalue weighted by molar-refractivity contribution is 7.20. The van der Waals surface area contributed by atoms with Crippen molar-refractivity contribution in [3.8, 4) is 0 Å². The van der Waals surface area contributed by atoms with Crippen LogP contribution in [0.5, 0.6) is 0 Å². The molecule has 0 aliphatic carbocycles. The van der Waals surface area contributed by atoms with Crippen molar-refractivity contribution in [3.05, 3.63) is 46.7 Å². The van der Waals surface area contributed by atoms with Crippen molar-refractivity contribution < 1.29 is 9.18 Å². The highest BCUT2D eigenvalue weighted by Crippen LogP contribution is 2.28. The SMILES string of the molecule is Cc1nn(C)c2sc(C(=O)Nc3ccc(F)cc3)cc12. The first-order valence-corrected chi connectivity index (χ1v) is 6.86. The van der Waals surface area contributed by atoms with Crippen LogP contribution in [-0.4, -0.2) is 15.7 Å². The average molecular weight is 289 g/mol. The summed E-state index contributed by atoms with van der Waals surface area (Å²) in [5.74, 6) is -0.524. The number of carbonyl (C=O) groups excluding carboxylic acids is 1. The zero-order valence-corrected chi connectivity index (χ0v) is 11.8. The minimum absolute atomic E-state index is 0.197. The number of hydrogen-bond donors (Lipinski definition) is 1. The highest BCUT2D eigenvalue weighted by Gasteiger charge is 2.15. The second-order valence-corrected chi connectivity index (χ2v) is 5.53. The van der Waals surface area contributed by atoms with Crippen LogP contribution in [0.15, 0.2) is 30.3 Å². The quantitative estimate of drug-likeness (QED) is 0.786. The van der Waals surface area contributed by atoms with Crippen molar-refractivity contribution in [2.75, 3.05) is 5.32 Å². The van der Waals surface area contributed by atoms with Crippen LogP contribution >= 0.6 is 11.3 Å². The van der Waals surface area contributed by atoms with E-state index in [-0.39, 0.29) is 11.7 Å². The summed E-state index contributed by atoms with van der Waals surface area (Å²) in [5.41, 5.74) is 1.48. The van der Waals surface area contributed by atoms with E-state index in [0.717, 1.165) is 15.9 Å². The van der Waals surface area contributed by atoms with E-state index in [0.29, 0.717) is 10.6 Å². The Kier molecular flexibility index (Phi) is 3.02. The van der Waals surface area contributed by atoms with Gasteiger partial charge in [0.15, 0.2) is 0 Å². The Labute approximate surface area is 118 Å². The van der Waals surface area contributed by atoms with Crippen LogP contribution in [0.1, 0.15) is 15.4 Å². The lowest BCUT2D eigenvalue weighted by Crippen LogP contribution is -2.10. The molecule has 0 atom stereocenters. The number of nitrogens with zero attached hydrogens (tertiary/aromatic N) is 2. The number of thiophene rings is 1. The molecule has 1 amide bonds. The molecule has 2 heterocycles. The molecule has 0 radical (unpaired) electrons. The van der Waals surface area contributed by atoms with Crippen molar-refractivity contribution >= 4 is 33.1 Å². The second-order valence-electron chi connectivity index (χ2n) is 4.50. The van der Waals surface area contributed by atoms with Gasteiger partial charge in [-0.05, 0) is 37.3 Å². The minimum Gasteiger partial charge on any atom is -0.321 e. The number of fused-ring (bicyclic) bond motifs is 1. The van der Waals surface area contributed by atoms with Gasteiger partial charge in [-0.25, -0.2) is 4.39 Å². The summed E-state index contributed by atoms with van der Waals surface area (Å²) in [6.45, 7) is 1.91. The molecule has 6 heteroatoms. The standard InChI is InChI=1S/C14H12FN3OS/c1-8-11-7-12(20-14(11)18(2)17-8)13(19)16-10-5-3-9(15)4-6-10/h3-7H,1-2H3,(H,16,19). The third-order valence-corrected chi connectivity index (χ3v) is 4.22. The zero-order chi connectivity index (χ0) is 14.3. The van der Waals surface area contributed by atoms with E-state index >= 15 is 0 Å². The molecule has 1 N–H and O–H groups in total. The second kappa shape index (κ2) is 4.72. The van der Waals surface area contributed by atoms with Crippen LogP contribution in [0.3, 0.4) is 0 Å². The molecule has 3 rings (SSSR count). The van der Waals surface area contributed by atoms with E-state index in [9.17, 15) is 9.18 Å². The third-order valence-electron chi connectivity index (χ3n) is 3.02. The van der Waals surface area contributed by atoms with E-state index < -0.39 is 0 Å². The lowest BCUT2D eigenvalue weighted by molar-refractivity contribution is 0.103. The number of halogens is 1. The van der Waals surface area contributed by atoms with Gasteiger partial charge >= 0.3 is 0 Å². The van der Waals surface area contributed by atoms with Gasteiger partial charge in [0, 0.05) is 18.1 Å². The van der Waals surface area contributed by atoms with E-state index in [4.69, 9.17) is 0 Å². The van der Waals surface area contributed by atoms with Gasteiger partial charge in [0.05, 0.1) is 10.6 Å². The largest absolute Gasteiger partial charge is 0.321 e. The molecule has 0 bridgehead atoms. The molecule has 2 aromatic heterocycles. The Balaban J connectivity index is 1.88. The summed E-state index contributed by atoms with van der Waals surface area (Å²) in [5, 5.41) is 8.04. The van der Waals surface area contributed by atoms with Crippen molar-refractivity contribution in [3.63, 3.8) is 0 Å². The summed E-state index contributed by atoms with van der Waals surface area (Å²) < 4.78 is 14.6. The van der Waals surface area contributed by atoms with Crippen LogP contribution in [0.2, 0.25) is 0 Å². The molecule has 0 aliphatic rings. The Morgan fingerprint density at radius 3 is 2.70 bits per heavy atom. The molecule has 0 spiro atoms. The van der Waals surface area contributed by atoms with Crippen molar-refractivity contribution in [2.45, 2.75) is 6.92 Å². The monoisotopic (exact) mass is 289 g/mol. The minimum atomic E-state index is -0.327. The predicted molar refractivity (Wildman–Crippen MR) is 77.7 cm³/mol. The Hall–Kier alpha value is -2.21. The first-order chi connectivity index (χ1) is 9.54. The van der Waals surface area contributed by atoms with Crippen LogP contribution in [0.25, 0.3) is 10.2 Å². The number of rotatable bonds is 2. The Morgan fingerprint density at radius 2 is 2.05 bits per heavy atom. The maximum absolute atomic E-state index is 12.8.